The highest BCUT2D eigenvalue weighted by Gasteiger charge is 2.12. The van der Waals surface area contributed by atoms with E-state index in [2.05, 4.69) is 77.6 Å². The molecule has 0 amide bonds. The molecule has 0 aliphatic rings. The van der Waals surface area contributed by atoms with Gasteiger partial charge in [-0.2, -0.15) is 0 Å². The van der Waals surface area contributed by atoms with Gasteiger partial charge in [0.2, 0.25) is 0 Å². The van der Waals surface area contributed by atoms with Crippen LogP contribution in [0.15, 0.2) is 65.1 Å². The van der Waals surface area contributed by atoms with Crippen molar-refractivity contribution in [2.45, 2.75) is 33.5 Å². The van der Waals surface area contributed by atoms with Crippen LogP contribution in [0.5, 0.6) is 11.5 Å². The van der Waals surface area contributed by atoms with Gasteiger partial charge >= 0.3 is 0 Å². The molecule has 0 saturated heterocycles. The van der Waals surface area contributed by atoms with Crippen molar-refractivity contribution < 1.29 is 9.47 Å². The molecular weight excluding hydrogens is 414 g/mol. The third-order valence-electron chi connectivity index (χ3n) is 4.70. The molecule has 0 radical (unpaired) electrons. The van der Waals surface area contributed by atoms with Crippen molar-refractivity contribution in [1.29, 1.82) is 0 Å². The quantitative estimate of drug-likeness (QED) is 0.470. The van der Waals surface area contributed by atoms with Crippen molar-refractivity contribution in [3.63, 3.8) is 0 Å². The Kier molecular flexibility index (Phi) is 7.12. The lowest BCUT2D eigenvalue weighted by molar-refractivity contribution is 0.281. The fourth-order valence-corrected chi connectivity index (χ4v) is 3.60. The van der Waals surface area contributed by atoms with Crippen molar-refractivity contribution >= 4 is 15.9 Å². The van der Waals surface area contributed by atoms with Gasteiger partial charge in [-0.1, -0.05) is 54.1 Å². The van der Waals surface area contributed by atoms with Crippen molar-refractivity contribution in [2.75, 3.05) is 7.11 Å². The summed E-state index contributed by atoms with van der Waals surface area (Å²) in [5, 5.41) is 3.48. The van der Waals surface area contributed by atoms with Gasteiger partial charge in [0.15, 0.2) is 11.5 Å². The van der Waals surface area contributed by atoms with Crippen LogP contribution in [-0.2, 0) is 19.7 Å². The molecule has 3 aromatic carbocycles. The van der Waals surface area contributed by atoms with Crippen LogP contribution in [0.2, 0.25) is 0 Å². The summed E-state index contributed by atoms with van der Waals surface area (Å²) in [7, 11) is 1.67. The van der Waals surface area contributed by atoms with Crippen LogP contribution >= 0.6 is 15.9 Å². The van der Waals surface area contributed by atoms with Crippen LogP contribution in [0, 0.1) is 13.8 Å². The van der Waals surface area contributed by atoms with Gasteiger partial charge in [0, 0.05) is 13.1 Å². The number of ether oxygens (including phenoxy) is 2. The summed E-state index contributed by atoms with van der Waals surface area (Å²) in [4.78, 5) is 0. The van der Waals surface area contributed by atoms with E-state index < -0.39 is 0 Å². The van der Waals surface area contributed by atoms with E-state index in [-0.39, 0.29) is 0 Å². The van der Waals surface area contributed by atoms with Crippen LogP contribution in [0.25, 0.3) is 0 Å². The second kappa shape index (κ2) is 9.76. The number of aryl methyl sites for hydroxylation is 2. The van der Waals surface area contributed by atoms with E-state index in [1.807, 2.05) is 18.2 Å². The highest BCUT2D eigenvalue weighted by atomic mass is 79.9. The minimum atomic E-state index is 0.507. The predicted molar refractivity (Wildman–Crippen MR) is 118 cm³/mol. The average Bonchev–Trinajstić information content (AvgIpc) is 2.69. The number of nitrogens with one attached hydrogen (secondary N) is 1. The number of methoxy groups -OCH3 is 1. The summed E-state index contributed by atoms with van der Waals surface area (Å²) in [6.07, 6.45) is 0. The van der Waals surface area contributed by atoms with Gasteiger partial charge in [-0.3, -0.25) is 0 Å². The zero-order chi connectivity index (χ0) is 19.9. The number of benzene rings is 3. The normalized spacial score (nSPS) is 10.7. The molecule has 146 valence electrons. The van der Waals surface area contributed by atoms with Crippen LogP contribution in [-0.4, -0.2) is 7.11 Å². The van der Waals surface area contributed by atoms with Gasteiger partial charge in [0.1, 0.15) is 6.61 Å². The first-order valence-electron chi connectivity index (χ1n) is 9.37. The van der Waals surface area contributed by atoms with Crippen molar-refractivity contribution in [3.05, 3.63) is 93.0 Å². The Morgan fingerprint density at radius 2 is 1.61 bits per heavy atom. The second-order valence-corrected chi connectivity index (χ2v) is 7.77. The number of halogens is 1. The maximum absolute atomic E-state index is 6.07. The van der Waals surface area contributed by atoms with E-state index in [1.165, 1.54) is 22.3 Å². The van der Waals surface area contributed by atoms with E-state index in [0.29, 0.717) is 6.61 Å². The Morgan fingerprint density at radius 1 is 0.893 bits per heavy atom. The van der Waals surface area contributed by atoms with Gasteiger partial charge in [0.05, 0.1) is 11.6 Å². The van der Waals surface area contributed by atoms with Crippen molar-refractivity contribution in [1.82, 2.24) is 5.32 Å². The van der Waals surface area contributed by atoms with Gasteiger partial charge in [-0.15, -0.1) is 0 Å². The molecule has 0 spiro atoms. The Hall–Kier alpha value is -2.30. The molecule has 0 bridgehead atoms. The Labute approximate surface area is 175 Å². The van der Waals surface area contributed by atoms with Crippen LogP contribution < -0.4 is 14.8 Å². The number of hydrogen-bond acceptors (Lipinski definition) is 3. The SMILES string of the molecule is COc1cc(CNCc2ccc(C)cc2)cc(Br)c1OCc1ccccc1C. The summed E-state index contributed by atoms with van der Waals surface area (Å²) < 4.78 is 12.5. The highest BCUT2D eigenvalue weighted by molar-refractivity contribution is 9.10. The van der Waals surface area contributed by atoms with Crippen molar-refractivity contribution in [3.8, 4) is 11.5 Å². The molecule has 0 heterocycles. The predicted octanol–water partition coefficient (Wildman–Crippen LogP) is 5.94. The third-order valence-corrected chi connectivity index (χ3v) is 5.29. The first kappa shape index (κ1) is 20.4. The minimum Gasteiger partial charge on any atom is -0.493 e. The zero-order valence-electron chi connectivity index (χ0n) is 16.6. The van der Waals surface area contributed by atoms with Crippen LogP contribution in [0.4, 0.5) is 0 Å². The molecule has 3 rings (SSSR count). The Balaban J connectivity index is 1.65. The largest absolute Gasteiger partial charge is 0.493 e. The van der Waals surface area contributed by atoms with Gasteiger partial charge in [-0.25, -0.2) is 0 Å². The molecule has 3 aromatic rings. The number of rotatable bonds is 8. The fourth-order valence-electron chi connectivity index (χ4n) is 2.99. The topological polar surface area (TPSA) is 30.5 Å². The van der Waals surface area contributed by atoms with Crippen LogP contribution in [0.1, 0.15) is 27.8 Å². The lowest BCUT2D eigenvalue weighted by Gasteiger charge is -2.15. The summed E-state index contributed by atoms with van der Waals surface area (Å²) in [6, 6.07) is 20.9. The molecule has 0 atom stereocenters. The molecule has 0 fully saturated rings. The van der Waals surface area contributed by atoms with E-state index in [4.69, 9.17) is 9.47 Å². The van der Waals surface area contributed by atoms with Gasteiger partial charge in [-0.05, 0) is 64.2 Å². The number of hydrogen-bond donors (Lipinski definition) is 1. The molecule has 28 heavy (non-hydrogen) atoms. The van der Waals surface area contributed by atoms with Gasteiger partial charge < -0.3 is 14.8 Å². The molecule has 3 nitrogen and oxygen atoms in total. The molecule has 0 saturated carbocycles. The maximum atomic E-state index is 6.07. The molecule has 0 aromatic heterocycles. The first-order chi connectivity index (χ1) is 13.6. The lowest BCUT2D eigenvalue weighted by Crippen LogP contribution is -2.13. The first-order valence-corrected chi connectivity index (χ1v) is 10.2. The lowest BCUT2D eigenvalue weighted by atomic mass is 10.1. The molecule has 0 aliphatic heterocycles. The summed E-state index contributed by atoms with van der Waals surface area (Å²) in [6.45, 7) is 6.27. The molecule has 4 heteroatoms. The van der Waals surface area contributed by atoms with E-state index in [1.54, 1.807) is 7.11 Å². The van der Waals surface area contributed by atoms with Crippen molar-refractivity contribution in [2.24, 2.45) is 0 Å². The zero-order valence-corrected chi connectivity index (χ0v) is 18.2. The Morgan fingerprint density at radius 3 is 2.32 bits per heavy atom. The molecular formula is C24H26BrNO2. The molecule has 0 unspecified atom stereocenters. The highest BCUT2D eigenvalue weighted by Crippen LogP contribution is 2.37. The summed E-state index contributed by atoms with van der Waals surface area (Å²) in [5.41, 5.74) is 6.07. The maximum Gasteiger partial charge on any atom is 0.175 e. The van der Waals surface area contributed by atoms with Crippen LogP contribution in [0.3, 0.4) is 0 Å². The summed E-state index contributed by atoms with van der Waals surface area (Å²) >= 11 is 3.64. The minimum absolute atomic E-state index is 0.507. The fraction of sp³-hybridized carbons (Fsp3) is 0.250. The summed E-state index contributed by atoms with van der Waals surface area (Å²) in [5.74, 6) is 1.46. The standard InChI is InChI=1S/C24H26BrNO2/c1-17-8-10-19(11-9-17)14-26-15-20-12-22(25)24(23(13-20)27-3)28-16-21-7-5-4-6-18(21)2/h4-13,26H,14-16H2,1-3H3. The smallest absolute Gasteiger partial charge is 0.175 e. The molecule has 0 aliphatic carbocycles. The molecule has 1 N–H and O–H groups in total. The second-order valence-electron chi connectivity index (χ2n) is 6.91. The van der Waals surface area contributed by atoms with E-state index in [0.717, 1.165) is 34.6 Å². The Bertz CT molecular complexity index is 922. The monoisotopic (exact) mass is 439 g/mol. The average molecular weight is 440 g/mol. The van der Waals surface area contributed by atoms with E-state index >= 15 is 0 Å². The van der Waals surface area contributed by atoms with E-state index in [9.17, 15) is 0 Å². The third kappa shape index (κ3) is 5.37. The van der Waals surface area contributed by atoms with Gasteiger partial charge in [0.25, 0.3) is 0 Å².